The number of rotatable bonds is 7. The summed E-state index contributed by atoms with van der Waals surface area (Å²) in [5.41, 5.74) is 1.15. The van der Waals surface area contributed by atoms with Gasteiger partial charge >= 0.3 is 4.87 Å². The highest BCUT2D eigenvalue weighted by Gasteiger charge is 2.21. The largest absolute Gasteiger partial charge is 0.350 e. The summed E-state index contributed by atoms with van der Waals surface area (Å²) in [5.74, 6) is -0.342. The predicted molar refractivity (Wildman–Crippen MR) is 121 cm³/mol. The Morgan fingerprint density at radius 3 is 2.50 bits per heavy atom. The molecule has 1 atom stereocenters. The quantitative estimate of drug-likeness (QED) is 0.573. The molecule has 160 valence electrons. The van der Waals surface area contributed by atoms with Crippen molar-refractivity contribution in [3.05, 3.63) is 57.7 Å². The van der Waals surface area contributed by atoms with E-state index in [0.29, 0.717) is 10.2 Å². The number of nitrogens with zero attached hydrogens (tertiary/aromatic N) is 1. The van der Waals surface area contributed by atoms with E-state index in [9.17, 15) is 18.0 Å². The van der Waals surface area contributed by atoms with Crippen molar-refractivity contribution in [1.82, 2.24) is 9.88 Å². The molecule has 30 heavy (non-hydrogen) atoms. The fraction of sp³-hybridized carbons (Fsp3) is 0.333. The summed E-state index contributed by atoms with van der Waals surface area (Å²) in [7, 11) is -3.95. The fourth-order valence-electron chi connectivity index (χ4n) is 3.05. The summed E-state index contributed by atoms with van der Waals surface area (Å²) < 4.78 is 30.8. The van der Waals surface area contributed by atoms with Gasteiger partial charge in [-0.25, -0.2) is 8.42 Å². The number of carbonyl (C=O) groups is 1. The highest BCUT2D eigenvalue weighted by atomic mass is 32.2. The van der Waals surface area contributed by atoms with Crippen LogP contribution in [0.15, 0.2) is 52.2 Å². The molecule has 0 aliphatic rings. The number of benzene rings is 2. The first-order valence-corrected chi connectivity index (χ1v) is 12.0. The van der Waals surface area contributed by atoms with Crippen LogP contribution in [0.4, 0.5) is 5.69 Å². The fourth-order valence-corrected chi connectivity index (χ4v) is 5.28. The lowest BCUT2D eigenvalue weighted by Gasteiger charge is -2.15. The van der Waals surface area contributed by atoms with E-state index in [1.807, 2.05) is 27.7 Å². The second-order valence-electron chi connectivity index (χ2n) is 7.40. The van der Waals surface area contributed by atoms with Crippen molar-refractivity contribution in [2.75, 3.05) is 4.72 Å². The molecule has 0 saturated carbocycles. The van der Waals surface area contributed by atoms with Crippen LogP contribution in [0.3, 0.4) is 0 Å². The van der Waals surface area contributed by atoms with E-state index in [1.54, 1.807) is 34.9 Å². The summed E-state index contributed by atoms with van der Waals surface area (Å²) >= 11 is 1.01. The summed E-state index contributed by atoms with van der Waals surface area (Å²) in [6, 6.07) is 11.0. The number of thiazole rings is 1. The normalized spacial score (nSPS) is 12.8. The average molecular weight is 448 g/mol. The van der Waals surface area contributed by atoms with E-state index in [0.717, 1.165) is 17.8 Å². The number of anilines is 1. The molecule has 1 heterocycles. The third-order valence-electron chi connectivity index (χ3n) is 4.82. The molecule has 0 saturated heterocycles. The van der Waals surface area contributed by atoms with E-state index in [4.69, 9.17) is 0 Å². The lowest BCUT2D eigenvalue weighted by atomic mass is 10.1. The topological polar surface area (TPSA) is 97.3 Å². The first kappa shape index (κ1) is 22.0. The Bertz CT molecular complexity index is 1240. The molecule has 0 aliphatic heterocycles. The van der Waals surface area contributed by atoms with Gasteiger partial charge in [0.15, 0.2) is 0 Å². The molecule has 1 amide bonds. The van der Waals surface area contributed by atoms with Crippen LogP contribution in [0.2, 0.25) is 0 Å². The first-order valence-electron chi connectivity index (χ1n) is 9.71. The molecule has 0 radical (unpaired) electrons. The van der Waals surface area contributed by atoms with Gasteiger partial charge < -0.3 is 5.32 Å². The van der Waals surface area contributed by atoms with Gasteiger partial charge in [-0.05, 0) is 57.5 Å². The Morgan fingerprint density at radius 1 is 1.13 bits per heavy atom. The molecule has 0 aliphatic carbocycles. The maximum absolute atomic E-state index is 13.0. The van der Waals surface area contributed by atoms with Crippen LogP contribution in [-0.2, 0) is 10.0 Å². The molecule has 3 aromatic rings. The molecule has 0 spiro atoms. The zero-order valence-corrected chi connectivity index (χ0v) is 18.9. The number of amides is 1. The predicted octanol–water partition coefficient (Wildman–Crippen LogP) is 3.97. The van der Waals surface area contributed by atoms with Crippen LogP contribution in [0.5, 0.6) is 0 Å². The third-order valence-corrected chi connectivity index (χ3v) is 7.10. The molecule has 1 aromatic heterocycles. The molecule has 0 bridgehead atoms. The van der Waals surface area contributed by atoms with Crippen LogP contribution in [-0.4, -0.2) is 24.9 Å². The van der Waals surface area contributed by atoms with Crippen molar-refractivity contribution in [3.8, 4) is 0 Å². The second kappa shape index (κ2) is 8.61. The smallest absolute Gasteiger partial charge is 0.308 e. The van der Waals surface area contributed by atoms with Crippen molar-refractivity contribution in [1.29, 1.82) is 0 Å². The summed E-state index contributed by atoms with van der Waals surface area (Å²) in [6.45, 7) is 7.65. The Morgan fingerprint density at radius 2 is 1.83 bits per heavy atom. The van der Waals surface area contributed by atoms with Crippen LogP contribution < -0.4 is 14.9 Å². The van der Waals surface area contributed by atoms with Gasteiger partial charge in [0.1, 0.15) is 0 Å². The van der Waals surface area contributed by atoms with Crippen molar-refractivity contribution in [2.45, 2.75) is 51.1 Å². The molecule has 0 fully saturated rings. The zero-order valence-electron chi connectivity index (χ0n) is 17.3. The van der Waals surface area contributed by atoms with E-state index in [-0.39, 0.29) is 39.0 Å². The van der Waals surface area contributed by atoms with Crippen molar-refractivity contribution in [2.24, 2.45) is 0 Å². The molecule has 7 nitrogen and oxygen atoms in total. The Balaban J connectivity index is 1.96. The van der Waals surface area contributed by atoms with E-state index >= 15 is 0 Å². The standard InChI is InChI=1S/C21H25N3O4S2/c1-5-14(4)22-20(25)16-8-6-7-9-17(16)23-30(27,28)15-10-11-18-19(12-15)29-21(26)24(18)13(2)3/h6-14,23H,5H2,1-4H3,(H,22,25)/t14-/m1/s1. The van der Waals surface area contributed by atoms with Crippen molar-refractivity contribution in [3.63, 3.8) is 0 Å². The zero-order chi connectivity index (χ0) is 22.1. The van der Waals surface area contributed by atoms with Gasteiger partial charge in [0.05, 0.1) is 26.4 Å². The minimum atomic E-state index is -3.95. The monoisotopic (exact) mass is 447 g/mol. The molecule has 2 aromatic carbocycles. The molecular weight excluding hydrogens is 422 g/mol. The average Bonchev–Trinajstić information content (AvgIpc) is 3.02. The number of hydrogen-bond acceptors (Lipinski definition) is 5. The van der Waals surface area contributed by atoms with Crippen LogP contribution in [0, 0.1) is 0 Å². The maximum atomic E-state index is 13.0. The van der Waals surface area contributed by atoms with Gasteiger partial charge in [0.25, 0.3) is 15.9 Å². The number of aromatic nitrogens is 1. The van der Waals surface area contributed by atoms with Crippen LogP contribution >= 0.6 is 11.3 Å². The van der Waals surface area contributed by atoms with Gasteiger partial charge in [-0.1, -0.05) is 30.4 Å². The summed E-state index contributed by atoms with van der Waals surface area (Å²) in [6.07, 6.45) is 0.762. The van der Waals surface area contributed by atoms with Crippen molar-refractivity contribution >= 4 is 43.2 Å². The molecule has 3 rings (SSSR count). The number of fused-ring (bicyclic) bond motifs is 1. The van der Waals surface area contributed by atoms with Crippen LogP contribution in [0.25, 0.3) is 10.2 Å². The Kier molecular flexibility index (Phi) is 6.33. The third kappa shape index (κ3) is 4.41. The van der Waals surface area contributed by atoms with Crippen LogP contribution in [0.1, 0.15) is 50.5 Å². The van der Waals surface area contributed by atoms with Crippen molar-refractivity contribution < 1.29 is 13.2 Å². The van der Waals surface area contributed by atoms with E-state index in [1.165, 1.54) is 12.1 Å². The number of hydrogen-bond donors (Lipinski definition) is 2. The highest BCUT2D eigenvalue weighted by molar-refractivity contribution is 7.92. The van der Waals surface area contributed by atoms with Gasteiger partial charge in [-0.3, -0.25) is 18.9 Å². The number of nitrogens with one attached hydrogen (secondary N) is 2. The van der Waals surface area contributed by atoms with Gasteiger partial charge in [-0.15, -0.1) is 0 Å². The summed E-state index contributed by atoms with van der Waals surface area (Å²) in [4.78, 5) is 24.7. The minimum Gasteiger partial charge on any atom is -0.350 e. The number of para-hydroxylation sites is 1. The Hall–Kier alpha value is -2.65. The van der Waals surface area contributed by atoms with Gasteiger partial charge in [0.2, 0.25) is 0 Å². The maximum Gasteiger partial charge on any atom is 0.308 e. The first-order chi connectivity index (χ1) is 14.1. The molecular formula is C21H25N3O4S2. The van der Waals surface area contributed by atoms with E-state index in [2.05, 4.69) is 10.0 Å². The van der Waals surface area contributed by atoms with E-state index < -0.39 is 10.0 Å². The van der Waals surface area contributed by atoms with Gasteiger partial charge in [-0.2, -0.15) is 0 Å². The highest BCUT2D eigenvalue weighted by Crippen LogP contribution is 2.26. The summed E-state index contributed by atoms with van der Waals surface area (Å²) in [5, 5.41) is 2.85. The minimum absolute atomic E-state index is 0.0252. The number of sulfonamides is 1. The lowest BCUT2D eigenvalue weighted by molar-refractivity contribution is 0.0940. The van der Waals surface area contributed by atoms with Gasteiger partial charge in [0, 0.05) is 12.1 Å². The number of carbonyl (C=O) groups excluding carboxylic acids is 1. The second-order valence-corrected chi connectivity index (χ2v) is 10.1. The lowest BCUT2D eigenvalue weighted by Crippen LogP contribution is -2.32. The molecule has 9 heteroatoms. The molecule has 0 unspecified atom stereocenters. The Labute approximate surface area is 179 Å². The SMILES string of the molecule is CC[C@@H](C)NC(=O)c1ccccc1NS(=O)(=O)c1ccc2c(c1)sc(=O)n2C(C)C. The molecule has 2 N–H and O–H groups in total.